The Bertz CT molecular complexity index is 519. The summed E-state index contributed by atoms with van der Waals surface area (Å²) in [6, 6.07) is 8.49. The molecule has 1 heterocycles. The van der Waals surface area contributed by atoms with E-state index in [4.69, 9.17) is 0 Å². The van der Waals surface area contributed by atoms with Gasteiger partial charge in [0.15, 0.2) is 0 Å². The van der Waals surface area contributed by atoms with Gasteiger partial charge in [-0.25, -0.2) is 0 Å². The predicted molar refractivity (Wildman–Crippen MR) is 104 cm³/mol. The van der Waals surface area contributed by atoms with Crippen molar-refractivity contribution in [1.82, 2.24) is 5.32 Å². The van der Waals surface area contributed by atoms with Gasteiger partial charge in [0.2, 0.25) is 5.91 Å². The quantitative estimate of drug-likeness (QED) is 0.756. The Morgan fingerprint density at radius 1 is 1.24 bits per heavy atom. The van der Waals surface area contributed by atoms with Crippen LogP contribution in [0.4, 0.5) is 5.69 Å². The normalized spacial score (nSPS) is 16.9. The van der Waals surface area contributed by atoms with Crippen LogP contribution in [0.15, 0.2) is 24.3 Å². The molecule has 1 saturated heterocycles. The molecule has 0 bridgehead atoms. The fourth-order valence-corrected chi connectivity index (χ4v) is 3.56. The summed E-state index contributed by atoms with van der Waals surface area (Å²) in [4.78, 5) is 14.5. The molecule has 1 aliphatic heterocycles. The Morgan fingerprint density at radius 2 is 1.88 bits per heavy atom. The smallest absolute Gasteiger partial charge is 0.220 e. The molecular formula is C21H34N2O2. The highest BCUT2D eigenvalue weighted by atomic mass is 16.3. The first-order chi connectivity index (χ1) is 12.0. The number of rotatable bonds is 8. The number of amides is 1. The summed E-state index contributed by atoms with van der Waals surface area (Å²) in [7, 11) is 0. The zero-order valence-corrected chi connectivity index (χ0v) is 16.0. The van der Waals surface area contributed by atoms with E-state index in [-0.39, 0.29) is 5.91 Å². The van der Waals surface area contributed by atoms with Crippen molar-refractivity contribution in [2.24, 2.45) is 17.8 Å². The van der Waals surface area contributed by atoms with E-state index < -0.39 is 0 Å². The van der Waals surface area contributed by atoms with Crippen LogP contribution in [-0.4, -0.2) is 30.7 Å². The van der Waals surface area contributed by atoms with Crippen molar-refractivity contribution in [3.05, 3.63) is 29.8 Å². The summed E-state index contributed by atoms with van der Waals surface area (Å²) in [5.41, 5.74) is 2.37. The maximum Gasteiger partial charge on any atom is 0.220 e. The summed E-state index contributed by atoms with van der Waals surface area (Å²) in [6.07, 6.45) is 3.78. The Balaban J connectivity index is 1.79. The number of hydrogen-bond donors (Lipinski definition) is 2. The average Bonchev–Trinajstić information content (AvgIpc) is 2.64. The molecule has 1 aliphatic rings. The van der Waals surface area contributed by atoms with Crippen molar-refractivity contribution < 1.29 is 9.90 Å². The third-order valence-corrected chi connectivity index (χ3v) is 5.58. The SMILES string of the molecule is CCC(CC(=O)NCc1ccc(N2CCC(CO)CC2)cc1)C(C)C. The van der Waals surface area contributed by atoms with Crippen LogP contribution in [0.2, 0.25) is 0 Å². The molecule has 0 spiro atoms. The van der Waals surface area contributed by atoms with E-state index in [1.54, 1.807) is 0 Å². The van der Waals surface area contributed by atoms with E-state index in [0.29, 0.717) is 37.3 Å². The molecule has 0 aromatic heterocycles. The van der Waals surface area contributed by atoms with Gasteiger partial charge in [0, 0.05) is 38.3 Å². The minimum Gasteiger partial charge on any atom is -0.396 e. The molecule has 1 aromatic rings. The topological polar surface area (TPSA) is 52.6 Å². The fraction of sp³-hybridized carbons (Fsp3) is 0.667. The van der Waals surface area contributed by atoms with E-state index in [1.165, 1.54) is 5.69 Å². The molecular weight excluding hydrogens is 312 g/mol. The maximum absolute atomic E-state index is 12.1. The molecule has 1 fully saturated rings. The number of nitrogens with zero attached hydrogens (tertiary/aromatic N) is 1. The lowest BCUT2D eigenvalue weighted by Crippen LogP contribution is -2.34. The van der Waals surface area contributed by atoms with Crippen LogP contribution in [0, 0.1) is 17.8 Å². The average molecular weight is 347 g/mol. The molecule has 25 heavy (non-hydrogen) atoms. The molecule has 2 N–H and O–H groups in total. The van der Waals surface area contributed by atoms with Crippen LogP contribution >= 0.6 is 0 Å². The zero-order valence-electron chi connectivity index (χ0n) is 16.0. The molecule has 4 nitrogen and oxygen atoms in total. The van der Waals surface area contributed by atoms with Gasteiger partial charge in [-0.15, -0.1) is 0 Å². The molecule has 1 amide bonds. The van der Waals surface area contributed by atoms with E-state index in [1.807, 2.05) is 0 Å². The van der Waals surface area contributed by atoms with Gasteiger partial charge in [0.25, 0.3) is 0 Å². The van der Waals surface area contributed by atoms with E-state index in [0.717, 1.165) is 37.9 Å². The molecule has 140 valence electrons. The lowest BCUT2D eigenvalue weighted by atomic mass is 9.90. The summed E-state index contributed by atoms with van der Waals surface area (Å²) in [5, 5.41) is 12.3. The van der Waals surface area contributed by atoms with Gasteiger partial charge in [0.1, 0.15) is 0 Å². The van der Waals surface area contributed by atoms with Crippen molar-refractivity contribution in [1.29, 1.82) is 0 Å². The molecule has 0 aliphatic carbocycles. The van der Waals surface area contributed by atoms with Gasteiger partial charge in [-0.2, -0.15) is 0 Å². The number of benzene rings is 1. The van der Waals surface area contributed by atoms with Crippen LogP contribution in [0.1, 0.15) is 52.0 Å². The number of carbonyl (C=O) groups excluding carboxylic acids is 1. The van der Waals surface area contributed by atoms with Gasteiger partial charge < -0.3 is 15.3 Å². The van der Waals surface area contributed by atoms with E-state index in [9.17, 15) is 9.90 Å². The van der Waals surface area contributed by atoms with Crippen LogP contribution in [0.25, 0.3) is 0 Å². The number of carbonyl (C=O) groups is 1. The van der Waals surface area contributed by atoms with Crippen molar-refractivity contribution in [3.8, 4) is 0 Å². The highest BCUT2D eigenvalue weighted by Crippen LogP contribution is 2.23. The fourth-order valence-electron chi connectivity index (χ4n) is 3.56. The summed E-state index contributed by atoms with van der Waals surface area (Å²) < 4.78 is 0. The Kier molecular flexibility index (Phi) is 7.76. The first-order valence-electron chi connectivity index (χ1n) is 9.74. The Hall–Kier alpha value is -1.55. The van der Waals surface area contributed by atoms with Crippen LogP contribution in [0.5, 0.6) is 0 Å². The standard InChI is InChI=1S/C21H34N2O2/c1-4-19(16(2)3)13-21(25)22-14-17-5-7-20(8-6-17)23-11-9-18(15-24)10-12-23/h5-8,16,18-19,24H,4,9-15H2,1-3H3,(H,22,25). The number of hydrogen-bond acceptors (Lipinski definition) is 3. The van der Waals surface area contributed by atoms with Gasteiger partial charge >= 0.3 is 0 Å². The second-order valence-electron chi connectivity index (χ2n) is 7.67. The van der Waals surface area contributed by atoms with Gasteiger partial charge in [0.05, 0.1) is 0 Å². The molecule has 2 rings (SSSR count). The Morgan fingerprint density at radius 3 is 2.40 bits per heavy atom. The molecule has 1 aromatic carbocycles. The van der Waals surface area contributed by atoms with Gasteiger partial charge in [-0.05, 0) is 48.3 Å². The molecule has 1 atom stereocenters. The van der Waals surface area contributed by atoms with E-state index >= 15 is 0 Å². The van der Waals surface area contributed by atoms with Gasteiger partial charge in [-0.1, -0.05) is 39.3 Å². The first-order valence-corrected chi connectivity index (χ1v) is 9.74. The monoisotopic (exact) mass is 346 g/mol. The van der Waals surface area contributed by atoms with Crippen molar-refractivity contribution in [2.75, 3.05) is 24.6 Å². The highest BCUT2D eigenvalue weighted by molar-refractivity contribution is 5.76. The van der Waals surface area contributed by atoms with Crippen LogP contribution < -0.4 is 10.2 Å². The number of piperidine rings is 1. The third kappa shape index (κ3) is 6.03. The van der Waals surface area contributed by atoms with E-state index in [2.05, 4.69) is 55.3 Å². The maximum atomic E-state index is 12.1. The molecule has 1 unspecified atom stereocenters. The lowest BCUT2D eigenvalue weighted by molar-refractivity contribution is -0.122. The number of nitrogens with one attached hydrogen (secondary N) is 1. The molecule has 0 radical (unpaired) electrons. The van der Waals surface area contributed by atoms with Crippen molar-refractivity contribution in [3.63, 3.8) is 0 Å². The number of aliphatic hydroxyl groups is 1. The predicted octanol–water partition coefficient (Wildman–Crippen LogP) is 3.58. The minimum atomic E-state index is 0.149. The minimum absolute atomic E-state index is 0.149. The largest absolute Gasteiger partial charge is 0.396 e. The lowest BCUT2D eigenvalue weighted by Gasteiger charge is -2.33. The van der Waals surface area contributed by atoms with Crippen LogP contribution in [-0.2, 0) is 11.3 Å². The van der Waals surface area contributed by atoms with Crippen molar-refractivity contribution in [2.45, 2.75) is 53.0 Å². The Labute approximate surface area is 152 Å². The summed E-state index contributed by atoms with van der Waals surface area (Å²) >= 11 is 0. The van der Waals surface area contributed by atoms with Gasteiger partial charge in [-0.3, -0.25) is 4.79 Å². The number of anilines is 1. The first kappa shape index (κ1) is 19.8. The summed E-state index contributed by atoms with van der Waals surface area (Å²) in [5.74, 6) is 1.62. The summed E-state index contributed by atoms with van der Waals surface area (Å²) in [6.45, 7) is 9.44. The second kappa shape index (κ2) is 9.81. The molecule has 4 heteroatoms. The number of aliphatic hydroxyl groups excluding tert-OH is 1. The van der Waals surface area contributed by atoms with Crippen molar-refractivity contribution >= 4 is 11.6 Å². The zero-order chi connectivity index (χ0) is 18.2. The van der Waals surface area contributed by atoms with Crippen LogP contribution in [0.3, 0.4) is 0 Å². The third-order valence-electron chi connectivity index (χ3n) is 5.58. The second-order valence-corrected chi connectivity index (χ2v) is 7.67. The molecule has 0 saturated carbocycles. The highest BCUT2D eigenvalue weighted by Gasteiger charge is 2.19.